The van der Waals surface area contributed by atoms with Gasteiger partial charge in [-0.05, 0) is 31.9 Å². The van der Waals surface area contributed by atoms with E-state index in [2.05, 4.69) is 5.10 Å². The van der Waals surface area contributed by atoms with E-state index in [1.165, 1.54) is 0 Å². The Balaban J connectivity index is 1.83. The lowest BCUT2D eigenvalue weighted by molar-refractivity contribution is -0.131. The minimum absolute atomic E-state index is 0.0761. The quantitative estimate of drug-likeness (QED) is 0.852. The highest BCUT2D eigenvalue weighted by Gasteiger charge is 2.32. The molecule has 0 N–H and O–H groups in total. The molecule has 1 unspecified atom stereocenters. The van der Waals surface area contributed by atoms with Crippen LogP contribution in [0.25, 0.3) is 0 Å². The molecule has 6 heteroatoms. The number of ether oxygens (including phenoxy) is 1. The number of likely N-dealkylation sites (tertiary alicyclic amines) is 1. The number of hydrogen-bond acceptors (Lipinski definition) is 3. The van der Waals surface area contributed by atoms with Crippen LogP contribution in [0.1, 0.15) is 35.7 Å². The zero-order chi connectivity index (χ0) is 17.3. The van der Waals surface area contributed by atoms with E-state index in [1.54, 1.807) is 13.2 Å². The van der Waals surface area contributed by atoms with Crippen molar-refractivity contribution in [2.24, 2.45) is 7.05 Å². The van der Waals surface area contributed by atoms with Crippen LogP contribution in [0.3, 0.4) is 0 Å². The maximum Gasteiger partial charge on any atom is 0.227 e. The molecule has 1 atom stereocenters. The fourth-order valence-electron chi connectivity index (χ4n) is 3.39. The molecule has 0 saturated carbocycles. The third kappa shape index (κ3) is 3.00. The highest BCUT2D eigenvalue weighted by molar-refractivity contribution is 6.31. The first-order valence-corrected chi connectivity index (χ1v) is 8.50. The Labute approximate surface area is 147 Å². The Hall–Kier alpha value is -2.01. The first-order valence-electron chi connectivity index (χ1n) is 8.12. The van der Waals surface area contributed by atoms with Gasteiger partial charge in [-0.25, -0.2) is 0 Å². The molecule has 2 heterocycles. The average Bonchev–Trinajstić information content (AvgIpc) is 3.17. The summed E-state index contributed by atoms with van der Waals surface area (Å²) in [6, 6.07) is 5.55. The summed E-state index contributed by atoms with van der Waals surface area (Å²) < 4.78 is 7.21. The van der Waals surface area contributed by atoms with E-state index in [1.807, 2.05) is 41.9 Å². The zero-order valence-corrected chi connectivity index (χ0v) is 15.0. The van der Waals surface area contributed by atoms with Gasteiger partial charge in [0.15, 0.2) is 0 Å². The summed E-state index contributed by atoms with van der Waals surface area (Å²) in [6.45, 7) is 2.81. The number of amides is 1. The first kappa shape index (κ1) is 16.8. The van der Waals surface area contributed by atoms with Crippen LogP contribution in [0.15, 0.2) is 24.4 Å². The van der Waals surface area contributed by atoms with Gasteiger partial charge in [0, 0.05) is 35.4 Å². The van der Waals surface area contributed by atoms with Crippen LogP contribution >= 0.6 is 11.6 Å². The largest absolute Gasteiger partial charge is 0.496 e. The molecule has 2 aromatic rings. The lowest BCUT2D eigenvalue weighted by atomic mass is 10.0. The number of aromatic nitrogens is 2. The van der Waals surface area contributed by atoms with Crippen LogP contribution in [-0.4, -0.2) is 34.2 Å². The first-order chi connectivity index (χ1) is 11.5. The van der Waals surface area contributed by atoms with Gasteiger partial charge in [-0.15, -0.1) is 0 Å². The molecule has 1 aromatic carbocycles. The van der Waals surface area contributed by atoms with Crippen LogP contribution in [0.4, 0.5) is 0 Å². The average molecular weight is 348 g/mol. The standard InChI is InChI=1S/C18H22ClN3O2/c1-12-14(11-20-21(12)2)16-7-5-9-22(16)18(23)10-13-15(19)6-4-8-17(13)24-3/h4,6,8,11,16H,5,7,9-10H2,1-3H3. The molecule has 1 amide bonds. The van der Waals surface area contributed by atoms with Gasteiger partial charge >= 0.3 is 0 Å². The van der Waals surface area contributed by atoms with Crippen LogP contribution in [0.5, 0.6) is 5.75 Å². The SMILES string of the molecule is COc1cccc(Cl)c1CC(=O)N1CCCC1c1cnn(C)c1C. The molecular formula is C18H22ClN3O2. The number of benzene rings is 1. The molecule has 5 nitrogen and oxygen atoms in total. The lowest BCUT2D eigenvalue weighted by Gasteiger charge is -2.25. The predicted octanol–water partition coefficient (Wildman–Crippen LogP) is 3.30. The van der Waals surface area contributed by atoms with Gasteiger partial charge in [0.1, 0.15) is 5.75 Å². The molecule has 1 aromatic heterocycles. The number of carbonyl (C=O) groups excluding carboxylic acids is 1. The van der Waals surface area contributed by atoms with Gasteiger partial charge in [0.25, 0.3) is 0 Å². The van der Waals surface area contributed by atoms with Gasteiger partial charge in [-0.1, -0.05) is 17.7 Å². The molecular weight excluding hydrogens is 326 g/mol. The molecule has 0 aliphatic carbocycles. The monoisotopic (exact) mass is 347 g/mol. The van der Waals surface area contributed by atoms with Crippen molar-refractivity contribution in [3.05, 3.63) is 46.2 Å². The van der Waals surface area contributed by atoms with Crippen molar-refractivity contribution >= 4 is 17.5 Å². The number of rotatable bonds is 4. The summed E-state index contributed by atoms with van der Waals surface area (Å²) in [5.74, 6) is 0.733. The third-order valence-electron chi connectivity index (χ3n) is 4.83. The topological polar surface area (TPSA) is 47.4 Å². The summed E-state index contributed by atoms with van der Waals surface area (Å²) in [6.07, 6.45) is 4.10. The van der Waals surface area contributed by atoms with Gasteiger partial charge in [0.05, 0.1) is 25.8 Å². The molecule has 1 fully saturated rings. The van der Waals surface area contributed by atoms with E-state index in [4.69, 9.17) is 16.3 Å². The van der Waals surface area contributed by atoms with Crippen LogP contribution < -0.4 is 4.74 Å². The van der Waals surface area contributed by atoms with Crippen molar-refractivity contribution in [1.82, 2.24) is 14.7 Å². The molecule has 1 aliphatic heterocycles. The van der Waals surface area contributed by atoms with E-state index >= 15 is 0 Å². The summed E-state index contributed by atoms with van der Waals surface area (Å²) in [4.78, 5) is 14.9. The highest BCUT2D eigenvalue weighted by Crippen LogP contribution is 2.35. The summed E-state index contributed by atoms with van der Waals surface area (Å²) in [5, 5.41) is 4.88. The van der Waals surface area contributed by atoms with Crippen LogP contribution in [-0.2, 0) is 18.3 Å². The van der Waals surface area contributed by atoms with Crippen molar-refractivity contribution in [1.29, 1.82) is 0 Å². The fourth-order valence-corrected chi connectivity index (χ4v) is 3.62. The number of nitrogens with zero attached hydrogens (tertiary/aromatic N) is 3. The highest BCUT2D eigenvalue weighted by atomic mass is 35.5. The number of aryl methyl sites for hydroxylation is 1. The van der Waals surface area contributed by atoms with Crippen molar-refractivity contribution in [3.63, 3.8) is 0 Å². The lowest BCUT2D eigenvalue weighted by Crippen LogP contribution is -2.32. The molecule has 0 spiro atoms. The Kier molecular flexibility index (Phi) is 4.81. The van der Waals surface area contributed by atoms with Crippen molar-refractivity contribution < 1.29 is 9.53 Å². The van der Waals surface area contributed by atoms with Crippen LogP contribution in [0, 0.1) is 6.92 Å². The Morgan fingerprint density at radius 3 is 2.92 bits per heavy atom. The zero-order valence-electron chi connectivity index (χ0n) is 14.3. The molecule has 0 bridgehead atoms. The second kappa shape index (κ2) is 6.85. The van der Waals surface area contributed by atoms with E-state index in [0.717, 1.165) is 36.2 Å². The van der Waals surface area contributed by atoms with E-state index in [0.29, 0.717) is 10.8 Å². The van der Waals surface area contributed by atoms with Gasteiger partial charge in [-0.3, -0.25) is 9.48 Å². The van der Waals surface area contributed by atoms with Crippen LogP contribution in [0.2, 0.25) is 5.02 Å². The Morgan fingerprint density at radius 1 is 1.46 bits per heavy atom. The van der Waals surface area contributed by atoms with Gasteiger partial charge in [0.2, 0.25) is 5.91 Å². The van der Waals surface area contributed by atoms with E-state index in [-0.39, 0.29) is 18.4 Å². The smallest absolute Gasteiger partial charge is 0.227 e. The predicted molar refractivity (Wildman–Crippen MR) is 93.3 cm³/mol. The second-order valence-electron chi connectivity index (χ2n) is 6.15. The second-order valence-corrected chi connectivity index (χ2v) is 6.56. The maximum absolute atomic E-state index is 12.9. The van der Waals surface area contributed by atoms with Crippen molar-refractivity contribution in [3.8, 4) is 5.75 Å². The number of hydrogen-bond donors (Lipinski definition) is 0. The summed E-state index contributed by atoms with van der Waals surface area (Å²) in [7, 11) is 3.52. The summed E-state index contributed by atoms with van der Waals surface area (Å²) in [5.41, 5.74) is 2.99. The number of methoxy groups -OCH3 is 1. The Bertz CT molecular complexity index is 757. The van der Waals surface area contributed by atoms with E-state index in [9.17, 15) is 4.79 Å². The molecule has 1 aliphatic rings. The minimum Gasteiger partial charge on any atom is -0.496 e. The van der Waals surface area contributed by atoms with Gasteiger partial charge in [-0.2, -0.15) is 5.10 Å². The summed E-state index contributed by atoms with van der Waals surface area (Å²) >= 11 is 6.28. The molecule has 3 rings (SSSR count). The van der Waals surface area contributed by atoms with Gasteiger partial charge < -0.3 is 9.64 Å². The molecule has 128 valence electrons. The molecule has 24 heavy (non-hydrogen) atoms. The maximum atomic E-state index is 12.9. The third-order valence-corrected chi connectivity index (χ3v) is 5.18. The normalized spacial score (nSPS) is 17.3. The number of halogens is 1. The Morgan fingerprint density at radius 2 is 2.25 bits per heavy atom. The van der Waals surface area contributed by atoms with Crippen molar-refractivity contribution in [2.45, 2.75) is 32.2 Å². The molecule has 1 saturated heterocycles. The number of carbonyl (C=O) groups is 1. The fraction of sp³-hybridized carbons (Fsp3) is 0.444. The minimum atomic E-state index is 0.0761. The molecule has 0 radical (unpaired) electrons. The van der Waals surface area contributed by atoms with Crippen molar-refractivity contribution in [2.75, 3.05) is 13.7 Å². The van der Waals surface area contributed by atoms with E-state index < -0.39 is 0 Å².